The fraction of sp³-hybridized carbons (Fsp3) is 0.333. The zero-order valence-corrected chi connectivity index (χ0v) is 9.06. The van der Waals surface area contributed by atoms with E-state index in [4.69, 9.17) is 11.0 Å². The number of nitrogens with two attached hydrogens (primary N) is 1. The van der Waals surface area contributed by atoms with Crippen molar-refractivity contribution in [3.63, 3.8) is 0 Å². The largest absolute Gasteiger partial charge is 0.399 e. The van der Waals surface area contributed by atoms with Crippen LogP contribution in [0.3, 0.4) is 0 Å². The average molecular weight is 214 g/mol. The Morgan fingerprint density at radius 1 is 1.38 bits per heavy atom. The number of nitriles is 1. The molecule has 2 N–H and O–H groups in total. The van der Waals surface area contributed by atoms with Crippen LogP contribution in [0, 0.1) is 11.3 Å². The van der Waals surface area contributed by atoms with Gasteiger partial charge in [0.05, 0.1) is 17.8 Å². The van der Waals surface area contributed by atoms with Crippen LogP contribution in [-0.2, 0) is 6.54 Å². The van der Waals surface area contributed by atoms with E-state index >= 15 is 0 Å². The van der Waals surface area contributed by atoms with Crippen LogP contribution in [0.1, 0.15) is 19.3 Å². The van der Waals surface area contributed by atoms with Crippen molar-refractivity contribution in [3.8, 4) is 6.07 Å². The smallest absolute Gasteiger partial charge is 0.0702 e. The maximum absolute atomic E-state index is 8.44. The Hall–Kier alpha value is -2.02. The molecule has 0 spiro atoms. The van der Waals surface area contributed by atoms with Gasteiger partial charge < -0.3 is 5.73 Å². The van der Waals surface area contributed by atoms with Gasteiger partial charge in [0.2, 0.25) is 0 Å². The summed E-state index contributed by atoms with van der Waals surface area (Å²) in [6.45, 7) is 0.842. The maximum atomic E-state index is 8.44. The second-order valence-electron chi connectivity index (χ2n) is 3.80. The average Bonchev–Trinajstić information content (AvgIpc) is 2.67. The monoisotopic (exact) mass is 214 g/mol. The molecule has 4 nitrogen and oxygen atoms in total. The van der Waals surface area contributed by atoms with Gasteiger partial charge in [0.1, 0.15) is 0 Å². The molecule has 0 bridgehead atoms. The predicted molar refractivity (Wildman–Crippen MR) is 63.6 cm³/mol. The molecule has 2 aromatic rings. The van der Waals surface area contributed by atoms with Crippen molar-refractivity contribution >= 4 is 16.6 Å². The van der Waals surface area contributed by atoms with Gasteiger partial charge in [0.25, 0.3) is 0 Å². The summed E-state index contributed by atoms with van der Waals surface area (Å²) in [6, 6.07) is 7.94. The summed E-state index contributed by atoms with van der Waals surface area (Å²) in [5.41, 5.74) is 7.57. The number of rotatable bonds is 4. The number of aryl methyl sites for hydroxylation is 1. The van der Waals surface area contributed by atoms with Gasteiger partial charge in [0, 0.05) is 24.0 Å². The molecule has 1 heterocycles. The summed E-state index contributed by atoms with van der Waals surface area (Å²) < 4.78 is 1.95. The molecule has 0 saturated carbocycles. The molecule has 0 unspecified atom stereocenters. The van der Waals surface area contributed by atoms with Gasteiger partial charge in [0.15, 0.2) is 0 Å². The van der Waals surface area contributed by atoms with E-state index in [0.717, 1.165) is 36.0 Å². The number of unbranched alkanes of at least 4 members (excludes halogenated alkanes) is 2. The second kappa shape index (κ2) is 4.67. The van der Waals surface area contributed by atoms with Crippen LogP contribution < -0.4 is 5.73 Å². The normalized spacial score (nSPS) is 10.4. The highest BCUT2D eigenvalue weighted by Crippen LogP contribution is 2.17. The third kappa shape index (κ3) is 2.14. The standard InChI is InChI=1S/C12H14N4/c13-6-2-1-3-7-16-12-8-11(14)5-4-10(12)9-15-16/h4-5,8-9H,1-3,7,14H2. The van der Waals surface area contributed by atoms with Crippen molar-refractivity contribution < 1.29 is 0 Å². The van der Waals surface area contributed by atoms with Crippen LogP contribution >= 0.6 is 0 Å². The van der Waals surface area contributed by atoms with E-state index < -0.39 is 0 Å². The van der Waals surface area contributed by atoms with Crippen LogP contribution in [0.15, 0.2) is 24.4 Å². The molecule has 16 heavy (non-hydrogen) atoms. The molecule has 1 aromatic carbocycles. The van der Waals surface area contributed by atoms with Crippen LogP contribution in [0.5, 0.6) is 0 Å². The first-order chi connectivity index (χ1) is 7.81. The number of nitrogens with zero attached hydrogens (tertiary/aromatic N) is 3. The first kappa shape index (κ1) is 10.5. The molecule has 0 atom stereocenters. The molecule has 82 valence electrons. The summed E-state index contributed by atoms with van der Waals surface area (Å²) in [4.78, 5) is 0. The van der Waals surface area contributed by atoms with Crippen LogP contribution in [0.2, 0.25) is 0 Å². The van der Waals surface area contributed by atoms with Gasteiger partial charge >= 0.3 is 0 Å². The molecular weight excluding hydrogens is 200 g/mol. The van der Waals surface area contributed by atoms with E-state index in [2.05, 4.69) is 11.2 Å². The Balaban J connectivity index is 2.12. The molecule has 0 saturated heterocycles. The SMILES string of the molecule is N#CCCCCn1ncc2ccc(N)cc21. The van der Waals surface area contributed by atoms with E-state index in [0.29, 0.717) is 6.42 Å². The van der Waals surface area contributed by atoms with E-state index in [1.54, 1.807) is 0 Å². The number of hydrogen-bond donors (Lipinski definition) is 1. The van der Waals surface area contributed by atoms with Crippen LogP contribution in [-0.4, -0.2) is 9.78 Å². The molecule has 0 fully saturated rings. The van der Waals surface area contributed by atoms with E-state index in [-0.39, 0.29) is 0 Å². The Kier molecular flexibility index (Phi) is 3.06. The highest BCUT2D eigenvalue weighted by molar-refractivity contribution is 5.81. The minimum absolute atomic E-state index is 0.612. The molecule has 0 aliphatic rings. The van der Waals surface area contributed by atoms with Crippen LogP contribution in [0.25, 0.3) is 10.9 Å². The summed E-state index contributed by atoms with van der Waals surface area (Å²) in [5, 5.41) is 13.9. The molecule has 0 aliphatic carbocycles. The highest BCUT2D eigenvalue weighted by atomic mass is 15.3. The number of benzene rings is 1. The first-order valence-electron chi connectivity index (χ1n) is 5.39. The van der Waals surface area contributed by atoms with E-state index in [9.17, 15) is 0 Å². The van der Waals surface area contributed by atoms with Gasteiger partial charge in [-0.25, -0.2) is 0 Å². The Bertz CT molecular complexity index is 521. The lowest BCUT2D eigenvalue weighted by molar-refractivity contribution is 0.577. The molecule has 4 heteroatoms. The molecule has 0 radical (unpaired) electrons. The zero-order chi connectivity index (χ0) is 11.4. The van der Waals surface area contributed by atoms with Gasteiger partial charge in [-0.05, 0) is 31.0 Å². The van der Waals surface area contributed by atoms with Crippen molar-refractivity contribution in [3.05, 3.63) is 24.4 Å². The lowest BCUT2D eigenvalue weighted by atomic mass is 10.2. The highest BCUT2D eigenvalue weighted by Gasteiger charge is 2.02. The van der Waals surface area contributed by atoms with E-state index in [1.807, 2.05) is 29.1 Å². The molecular formula is C12H14N4. The lowest BCUT2D eigenvalue weighted by Gasteiger charge is -2.02. The van der Waals surface area contributed by atoms with Crippen LogP contribution in [0.4, 0.5) is 5.69 Å². The maximum Gasteiger partial charge on any atom is 0.0702 e. The summed E-state index contributed by atoms with van der Waals surface area (Å²) in [5.74, 6) is 0. The Morgan fingerprint density at radius 3 is 3.06 bits per heavy atom. The van der Waals surface area contributed by atoms with Gasteiger partial charge in [-0.15, -0.1) is 0 Å². The van der Waals surface area contributed by atoms with Gasteiger partial charge in [-0.2, -0.15) is 10.4 Å². The predicted octanol–water partition coefficient (Wildman–Crippen LogP) is 2.31. The summed E-state index contributed by atoms with van der Waals surface area (Å²) in [6.07, 6.45) is 4.35. The van der Waals surface area contributed by atoms with Crippen molar-refractivity contribution in [1.82, 2.24) is 9.78 Å². The summed E-state index contributed by atoms with van der Waals surface area (Å²) in [7, 11) is 0. The van der Waals surface area contributed by atoms with Gasteiger partial charge in [-0.3, -0.25) is 4.68 Å². The fourth-order valence-electron chi connectivity index (χ4n) is 1.73. The number of nitrogen functional groups attached to an aromatic ring is 1. The van der Waals surface area contributed by atoms with Gasteiger partial charge in [-0.1, -0.05) is 0 Å². The number of aromatic nitrogens is 2. The second-order valence-corrected chi connectivity index (χ2v) is 3.80. The molecule has 2 rings (SSSR count). The Labute approximate surface area is 94.3 Å². The van der Waals surface area contributed by atoms with E-state index in [1.165, 1.54) is 0 Å². The van der Waals surface area contributed by atoms with Crippen molar-refractivity contribution in [2.75, 3.05) is 5.73 Å². The molecule has 1 aromatic heterocycles. The third-order valence-electron chi connectivity index (χ3n) is 2.58. The zero-order valence-electron chi connectivity index (χ0n) is 9.06. The van der Waals surface area contributed by atoms with Crippen molar-refractivity contribution in [2.45, 2.75) is 25.8 Å². The minimum Gasteiger partial charge on any atom is -0.399 e. The fourth-order valence-corrected chi connectivity index (χ4v) is 1.73. The molecule has 0 amide bonds. The quantitative estimate of drug-likeness (QED) is 0.627. The molecule has 0 aliphatic heterocycles. The number of anilines is 1. The lowest BCUT2D eigenvalue weighted by Crippen LogP contribution is -2.00. The van der Waals surface area contributed by atoms with Crippen molar-refractivity contribution in [1.29, 1.82) is 5.26 Å². The van der Waals surface area contributed by atoms with Crippen molar-refractivity contribution in [2.24, 2.45) is 0 Å². The number of fused-ring (bicyclic) bond motifs is 1. The minimum atomic E-state index is 0.612. The first-order valence-corrected chi connectivity index (χ1v) is 5.39. The third-order valence-corrected chi connectivity index (χ3v) is 2.58. The topological polar surface area (TPSA) is 67.6 Å². The summed E-state index contributed by atoms with van der Waals surface area (Å²) >= 11 is 0. The number of hydrogen-bond acceptors (Lipinski definition) is 3. The Morgan fingerprint density at radius 2 is 2.25 bits per heavy atom.